The number of morpholine rings is 1. The van der Waals surface area contributed by atoms with E-state index in [4.69, 9.17) is 20.8 Å². The van der Waals surface area contributed by atoms with Crippen molar-refractivity contribution in [2.24, 2.45) is 0 Å². The van der Waals surface area contributed by atoms with Crippen molar-refractivity contribution in [2.45, 2.75) is 13.5 Å². The molecular weight excluding hydrogens is 230 g/mol. The average molecular weight is 244 g/mol. The van der Waals surface area contributed by atoms with Gasteiger partial charge >= 0.3 is 0 Å². The number of halogens is 1. The van der Waals surface area contributed by atoms with Crippen LogP contribution in [0.5, 0.6) is 0 Å². The molecule has 0 radical (unpaired) electrons. The summed E-state index contributed by atoms with van der Waals surface area (Å²) in [4.78, 5) is 13.3. The maximum atomic E-state index is 11.1. The van der Waals surface area contributed by atoms with Crippen molar-refractivity contribution in [3.05, 3.63) is 22.6 Å². The molecule has 1 aliphatic rings. The monoisotopic (exact) mass is 243 g/mol. The van der Waals surface area contributed by atoms with Gasteiger partial charge in [0.25, 0.3) is 0 Å². The standard InChI is InChI=1S/C11H14ClNO3/c1-8(14)10-6-9(11(12)16-10)7-13-2-4-15-5-3-13/h6H,2-5,7H2,1H3. The number of nitrogens with zero attached hydrogens (tertiary/aromatic N) is 1. The second-order valence-corrected chi connectivity index (χ2v) is 4.20. The summed E-state index contributed by atoms with van der Waals surface area (Å²) < 4.78 is 10.4. The number of ether oxygens (including phenoxy) is 1. The van der Waals surface area contributed by atoms with E-state index < -0.39 is 0 Å². The van der Waals surface area contributed by atoms with E-state index in [2.05, 4.69) is 4.90 Å². The van der Waals surface area contributed by atoms with Crippen LogP contribution in [-0.4, -0.2) is 37.0 Å². The number of furan rings is 1. The molecule has 0 amide bonds. The van der Waals surface area contributed by atoms with Gasteiger partial charge in [-0.3, -0.25) is 9.69 Å². The van der Waals surface area contributed by atoms with Crippen LogP contribution in [0, 0.1) is 0 Å². The van der Waals surface area contributed by atoms with Crippen LogP contribution in [0.15, 0.2) is 10.5 Å². The van der Waals surface area contributed by atoms with Gasteiger partial charge in [0, 0.05) is 32.1 Å². The first-order valence-corrected chi connectivity index (χ1v) is 5.64. The van der Waals surface area contributed by atoms with Gasteiger partial charge in [0.05, 0.1) is 13.2 Å². The van der Waals surface area contributed by atoms with Crippen LogP contribution < -0.4 is 0 Å². The normalized spacial score (nSPS) is 17.6. The molecule has 0 N–H and O–H groups in total. The number of rotatable bonds is 3. The number of Topliss-reactive ketones (excluding diaryl/α,β-unsaturated/α-hetero) is 1. The molecule has 0 atom stereocenters. The Kier molecular flexibility index (Phi) is 3.63. The fourth-order valence-corrected chi connectivity index (χ4v) is 1.89. The molecule has 0 aromatic carbocycles. The first kappa shape index (κ1) is 11.6. The predicted molar refractivity (Wildman–Crippen MR) is 59.8 cm³/mol. The lowest BCUT2D eigenvalue weighted by Crippen LogP contribution is -2.35. The van der Waals surface area contributed by atoms with Gasteiger partial charge in [0.1, 0.15) is 0 Å². The fraction of sp³-hybridized carbons (Fsp3) is 0.545. The molecule has 0 bridgehead atoms. The van der Waals surface area contributed by atoms with Crippen molar-refractivity contribution in [1.29, 1.82) is 0 Å². The Balaban J connectivity index is 2.05. The van der Waals surface area contributed by atoms with Crippen LogP contribution in [-0.2, 0) is 11.3 Å². The lowest BCUT2D eigenvalue weighted by Gasteiger charge is -2.25. The first-order chi connectivity index (χ1) is 7.66. The van der Waals surface area contributed by atoms with Gasteiger partial charge in [0.2, 0.25) is 0 Å². The van der Waals surface area contributed by atoms with Gasteiger partial charge in [0.15, 0.2) is 16.8 Å². The van der Waals surface area contributed by atoms with Crippen LogP contribution in [0.1, 0.15) is 23.0 Å². The van der Waals surface area contributed by atoms with Crippen LogP contribution in [0.25, 0.3) is 0 Å². The van der Waals surface area contributed by atoms with Gasteiger partial charge in [-0.25, -0.2) is 0 Å². The maximum absolute atomic E-state index is 11.1. The minimum absolute atomic E-state index is 0.102. The van der Waals surface area contributed by atoms with E-state index in [9.17, 15) is 4.79 Å². The van der Waals surface area contributed by atoms with E-state index in [1.165, 1.54) is 6.92 Å². The molecule has 2 rings (SSSR count). The molecule has 2 heterocycles. The fourth-order valence-electron chi connectivity index (χ4n) is 1.69. The van der Waals surface area contributed by atoms with Gasteiger partial charge < -0.3 is 9.15 Å². The largest absolute Gasteiger partial charge is 0.441 e. The topological polar surface area (TPSA) is 42.7 Å². The van der Waals surface area contributed by atoms with E-state index in [1.54, 1.807) is 6.07 Å². The lowest BCUT2D eigenvalue weighted by molar-refractivity contribution is 0.0341. The maximum Gasteiger partial charge on any atom is 0.198 e. The smallest absolute Gasteiger partial charge is 0.198 e. The summed E-state index contributed by atoms with van der Waals surface area (Å²) in [6.45, 7) is 5.44. The second-order valence-electron chi connectivity index (χ2n) is 3.85. The Labute approximate surface area is 99.1 Å². The summed E-state index contributed by atoms with van der Waals surface area (Å²) >= 11 is 5.93. The third kappa shape index (κ3) is 2.64. The molecule has 1 aromatic heterocycles. The molecule has 88 valence electrons. The Bertz CT molecular complexity index is 383. The van der Waals surface area contributed by atoms with Gasteiger partial charge in [-0.15, -0.1) is 0 Å². The number of carbonyl (C=O) groups is 1. The van der Waals surface area contributed by atoms with E-state index in [1.807, 2.05) is 0 Å². The van der Waals surface area contributed by atoms with Crippen LogP contribution in [0.2, 0.25) is 5.22 Å². The van der Waals surface area contributed by atoms with E-state index in [0.717, 1.165) is 31.9 Å². The highest BCUT2D eigenvalue weighted by Crippen LogP contribution is 2.23. The minimum atomic E-state index is -0.102. The molecule has 0 unspecified atom stereocenters. The Morgan fingerprint density at radius 1 is 1.50 bits per heavy atom. The number of hydrogen-bond donors (Lipinski definition) is 0. The first-order valence-electron chi connectivity index (χ1n) is 5.26. The quantitative estimate of drug-likeness (QED) is 0.762. The molecule has 4 nitrogen and oxygen atoms in total. The summed E-state index contributed by atoms with van der Waals surface area (Å²) in [5.41, 5.74) is 0.869. The van der Waals surface area contributed by atoms with E-state index in [-0.39, 0.29) is 5.78 Å². The lowest BCUT2D eigenvalue weighted by atomic mass is 10.2. The van der Waals surface area contributed by atoms with Crippen LogP contribution in [0.4, 0.5) is 0 Å². The second kappa shape index (κ2) is 4.99. The molecule has 5 heteroatoms. The molecular formula is C11H14ClNO3. The van der Waals surface area contributed by atoms with Crippen molar-refractivity contribution < 1.29 is 13.9 Å². The van der Waals surface area contributed by atoms with Crippen molar-refractivity contribution in [3.63, 3.8) is 0 Å². The predicted octanol–water partition coefficient (Wildman–Crippen LogP) is 1.97. The summed E-state index contributed by atoms with van der Waals surface area (Å²) in [7, 11) is 0. The van der Waals surface area contributed by atoms with Gasteiger partial charge in [-0.2, -0.15) is 0 Å². The van der Waals surface area contributed by atoms with Crippen molar-refractivity contribution in [1.82, 2.24) is 4.90 Å². The third-order valence-electron chi connectivity index (χ3n) is 2.60. The SMILES string of the molecule is CC(=O)c1cc(CN2CCOCC2)c(Cl)o1. The van der Waals surface area contributed by atoms with Gasteiger partial charge in [-0.1, -0.05) is 0 Å². The van der Waals surface area contributed by atoms with Crippen molar-refractivity contribution in [3.8, 4) is 0 Å². The zero-order valence-corrected chi connectivity index (χ0v) is 9.92. The Morgan fingerprint density at radius 3 is 2.75 bits per heavy atom. The van der Waals surface area contributed by atoms with Crippen molar-refractivity contribution >= 4 is 17.4 Å². The van der Waals surface area contributed by atoms with Crippen LogP contribution in [0.3, 0.4) is 0 Å². The summed E-state index contributed by atoms with van der Waals surface area (Å²) in [6.07, 6.45) is 0. The highest BCUT2D eigenvalue weighted by molar-refractivity contribution is 6.29. The van der Waals surface area contributed by atoms with Gasteiger partial charge in [-0.05, 0) is 17.7 Å². The number of ketones is 1. The molecule has 16 heavy (non-hydrogen) atoms. The summed E-state index contributed by atoms with van der Waals surface area (Å²) in [6, 6.07) is 1.72. The molecule has 1 fully saturated rings. The number of hydrogen-bond acceptors (Lipinski definition) is 4. The molecule has 0 saturated carbocycles. The summed E-state index contributed by atoms with van der Waals surface area (Å²) in [5.74, 6) is 0.225. The summed E-state index contributed by atoms with van der Waals surface area (Å²) in [5, 5.41) is 0.316. The average Bonchev–Trinajstić information content (AvgIpc) is 2.62. The molecule has 1 aromatic rings. The molecule has 0 spiro atoms. The van der Waals surface area contributed by atoms with E-state index in [0.29, 0.717) is 17.5 Å². The minimum Gasteiger partial charge on any atom is -0.441 e. The highest BCUT2D eigenvalue weighted by atomic mass is 35.5. The molecule has 1 saturated heterocycles. The zero-order valence-electron chi connectivity index (χ0n) is 9.16. The van der Waals surface area contributed by atoms with Crippen LogP contribution >= 0.6 is 11.6 Å². The number of carbonyl (C=O) groups excluding carboxylic acids is 1. The Hall–Kier alpha value is -0.840. The third-order valence-corrected chi connectivity index (χ3v) is 2.92. The van der Waals surface area contributed by atoms with E-state index >= 15 is 0 Å². The Morgan fingerprint density at radius 2 is 2.19 bits per heavy atom. The zero-order chi connectivity index (χ0) is 11.5. The highest BCUT2D eigenvalue weighted by Gasteiger charge is 2.17. The molecule has 1 aliphatic heterocycles. The van der Waals surface area contributed by atoms with Crippen molar-refractivity contribution in [2.75, 3.05) is 26.3 Å². The molecule has 0 aliphatic carbocycles.